The number of rotatable bonds is 7. The summed E-state index contributed by atoms with van der Waals surface area (Å²) in [6.07, 6.45) is 3.50. The maximum Gasteiger partial charge on any atom is 0.0590 e. The number of hydrogen-bond donors (Lipinski definition) is 1. The molecule has 0 aromatic carbocycles. The van der Waals surface area contributed by atoms with Crippen molar-refractivity contribution in [2.75, 3.05) is 33.4 Å². The lowest BCUT2D eigenvalue weighted by Gasteiger charge is -2.50. The molecule has 0 radical (unpaired) electrons. The van der Waals surface area contributed by atoms with Crippen LogP contribution in [0.15, 0.2) is 0 Å². The highest BCUT2D eigenvalue weighted by atomic mass is 16.5. The summed E-state index contributed by atoms with van der Waals surface area (Å²) in [4.78, 5) is 2.55. The molecule has 1 rings (SSSR count). The monoisotopic (exact) mass is 258 g/mol. The van der Waals surface area contributed by atoms with E-state index in [0.29, 0.717) is 18.7 Å². The van der Waals surface area contributed by atoms with Crippen LogP contribution in [0.5, 0.6) is 0 Å². The molecule has 1 fully saturated rings. The topological polar surface area (TPSA) is 47.7 Å². The normalized spacial score (nSPS) is 30.7. The van der Waals surface area contributed by atoms with Gasteiger partial charge in [0.1, 0.15) is 0 Å². The van der Waals surface area contributed by atoms with Crippen LogP contribution in [0.1, 0.15) is 40.0 Å². The second-order valence-electron chi connectivity index (χ2n) is 5.51. The lowest BCUT2D eigenvalue weighted by Crippen LogP contribution is -2.61. The molecule has 1 aliphatic heterocycles. The molecule has 1 heterocycles. The first-order valence-corrected chi connectivity index (χ1v) is 7.17. The molecular formula is C14H30N2O2. The Morgan fingerprint density at radius 2 is 2.28 bits per heavy atom. The van der Waals surface area contributed by atoms with Crippen molar-refractivity contribution >= 4 is 0 Å². The fourth-order valence-corrected chi connectivity index (χ4v) is 3.04. The van der Waals surface area contributed by atoms with E-state index in [9.17, 15) is 0 Å². The number of ether oxygens (including phenoxy) is 2. The van der Waals surface area contributed by atoms with Crippen molar-refractivity contribution in [3.05, 3.63) is 0 Å². The number of nitrogens with zero attached hydrogens (tertiary/aromatic N) is 1. The number of nitrogens with two attached hydrogens (primary N) is 1. The molecule has 0 spiro atoms. The fourth-order valence-electron chi connectivity index (χ4n) is 3.04. The molecule has 1 saturated heterocycles. The van der Waals surface area contributed by atoms with Crippen LogP contribution in [0.4, 0.5) is 0 Å². The summed E-state index contributed by atoms with van der Waals surface area (Å²) in [5.74, 6) is 0. The van der Waals surface area contributed by atoms with E-state index in [0.717, 1.165) is 39.0 Å². The highest BCUT2D eigenvalue weighted by Gasteiger charge is 2.41. The van der Waals surface area contributed by atoms with Crippen LogP contribution >= 0.6 is 0 Å². The molecule has 2 N–H and O–H groups in total. The lowest BCUT2D eigenvalue weighted by atomic mass is 9.83. The van der Waals surface area contributed by atoms with E-state index in [-0.39, 0.29) is 5.54 Å². The van der Waals surface area contributed by atoms with Crippen molar-refractivity contribution in [1.82, 2.24) is 4.90 Å². The molecule has 18 heavy (non-hydrogen) atoms. The molecule has 0 bridgehead atoms. The van der Waals surface area contributed by atoms with Gasteiger partial charge in [0.25, 0.3) is 0 Å². The van der Waals surface area contributed by atoms with Gasteiger partial charge < -0.3 is 15.2 Å². The van der Waals surface area contributed by atoms with Crippen molar-refractivity contribution in [3.8, 4) is 0 Å². The maximum atomic E-state index is 6.13. The molecule has 0 aromatic heterocycles. The van der Waals surface area contributed by atoms with Gasteiger partial charge >= 0.3 is 0 Å². The van der Waals surface area contributed by atoms with E-state index in [1.165, 1.54) is 0 Å². The van der Waals surface area contributed by atoms with Crippen LogP contribution in [-0.2, 0) is 9.47 Å². The zero-order valence-electron chi connectivity index (χ0n) is 12.4. The summed E-state index contributed by atoms with van der Waals surface area (Å²) in [5.41, 5.74) is 6.22. The van der Waals surface area contributed by atoms with Crippen LogP contribution in [0.25, 0.3) is 0 Å². The van der Waals surface area contributed by atoms with Gasteiger partial charge in [-0.3, -0.25) is 4.90 Å². The molecular weight excluding hydrogens is 228 g/mol. The first-order valence-electron chi connectivity index (χ1n) is 7.17. The minimum Gasteiger partial charge on any atom is -0.383 e. The van der Waals surface area contributed by atoms with Crippen molar-refractivity contribution in [3.63, 3.8) is 0 Å². The SMILES string of the molecule is CCC(C)N(CCOC)C1(CN)CCOC(C)C1. The molecule has 108 valence electrons. The first kappa shape index (κ1) is 15.9. The third-order valence-electron chi connectivity index (χ3n) is 4.29. The highest BCUT2D eigenvalue weighted by molar-refractivity contribution is 4.97. The minimum atomic E-state index is 0.0889. The number of hydrogen-bond acceptors (Lipinski definition) is 4. The van der Waals surface area contributed by atoms with E-state index in [1.54, 1.807) is 7.11 Å². The van der Waals surface area contributed by atoms with Gasteiger partial charge in [-0.25, -0.2) is 0 Å². The van der Waals surface area contributed by atoms with E-state index in [1.807, 2.05) is 0 Å². The van der Waals surface area contributed by atoms with Gasteiger partial charge in [0.15, 0.2) is 0 Å². The van der Waals surface area contributed by atoms with Crippen LogP contribution in [0, 0.1) is 0 Å². The second-order valence-corrected chi connectivity index (χ2v) is 5.51. The molecule has 0 aliphatic carbocycles. The van der Waals surface area contributed by atoms with Gasteiger partial charge in [-0.05, 0) is 33.1 Å². The quantitative estimate of drug-likeness (QED) is 0.754. The minimum absolute atomic E-state index is 0.0889. The van der Waals surface area contributed by atoms with Crippen LogP contribution in [0.2, 0.25) is 0 Å². The summed E-state index contributed by atoms with van der Waals surface area (Å²) < 4.78 is 10.9. The summed E-state index contributed by atoms with van der Waals surface area (Å²) in [5, 5.41) is 0. The molecule has 0 saturated carbocycles. The van der Waals surface area contributed by atoms with Crippen molar-refractivity contribution in [1.29, 1.82) is 0 Å². The van der Waals surface area contributed by atoms with Gasteiger partial charge in [-0.2, -0.15) is 0 Å². The van der Waals surface area contributed by atoms with Crippen molar-refractivity contribution in [2.24, 2.45) is 5.73 Å². The predicted octanol–water partition coefficient (Wildman–Crippen LogP) is 1.63. The Kier molecular flexibility index (Phi) is 6.57. The van der Waals surface area contributed by atoms with Crippen LogP contribution in [-0.4, -0.2) is 56.0 Å². The molecule has 3 atom stereocenters. The largest absolute Gasteiger partial charge is 0.383 e. The summed E-state index contributed by atoms with van der Waals surface area (Å²) >= 11 is 0. The van der Waals surface area contributed by atoms with E-state index in [2.05, 4.69) is 25.7 Å². The van der Waals surface area contributed by atoms with Gasteiger partial charge in [0, 0.05) is 38.4 Å². The Labute approximate surface area is 112 Å². The lowest BCUT2D eigenvalue weighted by molar-refractivity contribution is -0.0807. The zero-order valence-corrected chi connectivity index (χ0v) is 12.4. The van der Waals surface area contributed by atoms with Gasteiger partial charge in [-0.1, -0.05) is 6.92 Å². The summed E-state index contributed by atoms with van der Waals surface area (Å²) in [6, 6.07) is 0.536. The molecule has 4 heteroatoms. The standard InChI is InChI=1S/C14H30N2O2/c1-5-12(2)16(7-9-17-4)14(11-15)6-8-18-13(3)10-14/h12-13H,5-11,15H2,1-4H3. The molecule has 1 aliphatic rings. The highest BCUT2D eigenvalue weighted by Crippen LogP contribution is 2.32. The van der Waals surface area contributed by atoms with Crippen LogP contribution in [0.3, 0.4) is 0 Å². The average molecular weight is 258 g/mol. The average Bonchev–Trinajstić information content (AvgIpc) is 2.38. The van der Waals surface area contributed by atoms with E-state index in [4.69, 9.17) is 15.2 Å². The maximum absolute atomic E-state index is 6.13. The number of methoxy groups -OCH3 is 1. The zero-order chi connectivity index (χ0) is 13.6. The third kappa shape index (κ3) is 3.67. The summed E-state index contributed by atoms with van der Waals surface area (Å²) in [7, 11) is 1.76. The Bertz CT molecular complexity index is 238. The molecule has 4 nitrogen and oxygen atoms in total. The molecule has 0 amide bonds. The van der Waals surface area contributed by atoms with Gasteiger partial charge in [0.2, 0.25) is 0 Å². The first-order chi connectivity index (χ1) is 8.59. The van der Waals surface area contributed by atoms with Gasteiger partial charge in [-0.15, -0.1) is 0 Å². The summed E-state index contributed by atoms with van der Waals surface area (Å²) in [6.45, 7) is 9.91. The predicted molar refractivity (Wildman–Crippen MR) is 74.8 cm³/mol. The second kappa shape index (κ2) is 7.43. The Balaban J connectivity index is 2.83. The molecule has 0 aromatic rings. The fraction of sp³-hybridized carbons (Fsp3) is 1.00. The Hall–Kier alpha value is -0.160. The van der Waals surface area contributed by atoms with E-state index >= 15 is 0 Å². The Morgan fingerprint density at radius 3 is 2.78 bits per heavy atom. The van der Waals surface area contributed by atoms with E-state index < -0.39 is 0 Å². The van der Waals surface area contributed by atoms with Gasteiger partial charge in [0.05, 0.1) is 12.7 Å². The van der Waals surface area contributed by atoms with Crippen LogP contribution < -0.4 is 5.73 Å². The third-order valence-corrected chi connectivity index (χ3v) is 4.29. The Morgan fingerprint density at radius 1 is 1.56 bits per heavy atom. The van der Waals surface area contributed by atoms with Crippen molar-refractivity contribution in [2.45, 2.75) is 57.7 Å². The molecule has 3 unspecified atom stereocenters. The van der Waals surface area contributed by atoms with Crippen molar-refractivity contribution < 1.29 is 9.47 Å². The smallest absolute Gasteiger partial charge is 0.0590 e.